The van der Waals surface area contributed by atoms with Crippen molar-refractivity contribution < 1.29 is 14.0 Å². The Labute approximate surface area is 162 Å². The van der Waals surface area contributed by atoms with E-state index in [1.165, 1.54) is 30.6 Å². The molecule has 28 heavy (non-hydrogen) atoms. The van der Waals surface area contributed by atoms with Gasteiger partial charge < -0.3 is 10.6 Å². The predicted octanol–water partition coefficient (Wildman–Crippen LogP) is 3.75. The molecule has 1 heterocycles. The molecule has 0 aliphatic rings. The molecule has 0 atom stereocenters. The van der Waals surface area contributed by atoms with Crippen molar-refractivity contribution in [3.8, 4) is 0 Å². The molecule has 5 nitrogen and oxygen atoms in total. The number of carbonyl (C=O) groups excluding carboxylic acids is 2. The van der Waals surface area contributed by atoms with Crippen LogP contribution in [0.4, 0.5) is 10.1 Å². The van der Waals surface area contributed by atoms with E-state index in [2.05, 4.69) is 15.6 Å². The van der Waals surface area contributed by atoms with Crippen LogP contribution in [0.25, 0.3) is 0 Å². The molecule has 6 heteroatoms. The summed E-state index contributed by atoms with van der Waals surface area (Å²) in [7, 11) is 0. The minimum atomic E-state index is -0.331. The molecule has 142 valence electrons. The van der Waals surface area contributed by atoms with Crippen LogP contribution in [0.5, 0.6) is 0 Å². The van der Waals surface area contributed by atoms with Gasteiger partial charge in [-0.05, 0) is 48.7 Å². The van der Waals surface area contributed by atoms with Crippen LogP contribution in [0, 0.1) is 12.7 Å². The fourth-order valence-electron chi connectivity index (χ4n) is 2.67. The number of benzene rings is 2. The summed E-state index contributed by atoms with van der Waals surface area (Å²) in [4.78, 5) is 28.8. The SMILES string of the molecule is Cc1ccccc1NC(=O)c1cncc(C(=O)NCCc2ccc(F)cc2)c1. The lowest BCUT2D eigenvalue weighted by atomic mass is 10.1. The van der Waals surface area contributed by atoms with Crippen LogP contribution in [-0.2, 0) is 6.42 Å². The van der Waals surface area contributed by atoms with Gasteiger partial charge in [0.2, 0.25) is 0 Å². The maximum Gasteiger partial charge on any atom is 0.257 e. The molecule has 3 aromatic rings. The standard InChI is InChI=1S/C22H20FN3O2/c1-15-4-2-3-5-20(15)26-22(28)18-12-17(13-24-14-18)21(27)25-11-10-16-6-8-19(23)9-7-16/h2-9,12-14H,10-11H2,1H3,(H,25,27)(H,26,28). The van der Waals surface area contributed by atoms with Crippen molar-refractivity contribution in [2.75, 3.05) is 11.9 Å². The quantitative estimate of drug-likeness (QED) is 0.687. The summed E-state index contributed by atoms with van der Waals surface area (Å²) in [5.74, 6) is -0.942. The maximum atomic E-state index is 12.9. The summed E-state index contributed by atoms with van der Waals surface area (Å²) >= 11 is 0. The number of amides is 2. The highest BCUT2D eigenvalue weighted by Crippen LogP contribution is 2.15. The van der Waals surface area contributed by atoms with Gasteiger partial charge in [0, 0.05) is 24.6 Å². The first-order valence-corrected chi connectivity index (χ1v) is 8.87. The first-order chi connectivity index (χ1) is 13.5. The normalized spacial score (nSPS) is 10.4. The second-order valence-electron chi connectivity index (χ2n) is 6.36. The Balaban J connectivity index is 1.60. The molecular formula is C22H20FN3O2. The van der Waals surface area contributed by atoms with Crippen LogP contribution in [0.3, 0.4) is 0 Å². The number of nitrogens with one attached hydrogen (secondary N) is 2. The van der Waals surface area contributed by atoms with E-state index in [4.69, 9.17) is 0 Å². The summed E-state index contributed by atoms with van der Waals surface area (Å²) in [5.41, 5.74) is 3.18. The topological polar surface area (TPSA) is 71.1 Å². The summed E-state index contributed by atoms with van der Waals surface area (Å²) in [6.07, 6.45) is 3.41. The zero-order valence-electron chi connectivity index (χ0n) is 15.4. The van der Waals surface area contributed by atoms with Crippen molar-refractivity contribution in [3.05, 3.63) is 95.1 Å². The average Bonchev–Trinajstić information content (AvgIpc) is 2.71. The number of hydrogen-bond acceptors (Lipinski definition) is 3. The first-order valence-electron chi connectivity index (χ1n) is 8.87. The third-order valence-electron chi connectivity index (χ3n) is 4.27. The zero-order valence-corrected chi connectivity index (χ0v) is 15.4. The molecule has 0 aliphatic carbocycles. The number of aryl methyl sites for hydroxylation is 1. The van der Waals surface area contributed by atoms with Gasteiger partial charge in [-0.2, -0.15) is 0 Å². The van der Waals surface area contributed by atoms with Crippen molar-refractivity contribution in [2.24, 2.45) is 0 Å². The number of anilines is 1. The highest BCUT2D eigenvalue weighted by molar-refractivity contribution is 6.06. The second-order valence-corrected chi connectivity index (χ2v) is 6.36. The van der Waals surface area contributed by atoms with E-state index in [9.17, 15) is 14.0 Å². The minimum absolute atomic E-state index is 0.292. The molecule has 0 spiro atoms. The fraction of sp³-hybridized carbons (Fsp3) is 0.136. The highest BCUT2D eigenvalue weighted by Gasteiger charge is 2.12. The van der Waals surface area contributed by atoms with Crippen LogP contribution in [-0.4, -0.2) is 23.3 Å². The number of carbonyl (C=O) groups is 2. The number of aromatic nitrogens is 1. The molecule has 0 saturated heterocycles. The molecule has 0 radical (unpaired) electrons. The van der Waals surface area contributed by atoms with Gasteiger partial charge in [-0.3, -0.25) is 14.6 Å². The molecule has 2 amide bonds. The molecule has 0 saturated carbocycles. The van der Waals surface area contributed by atoms with Gasteiger partial charge in [0.25, 0.3) is 11.8 Å². The molecular weight excluding hydrogens is 357 g/mol. The number of nitrogens with zero attached hydrogens (tertiary/aromatic N) is 1. The highest BCUT2D eigenvalue weighted by atomic mass is 19.1. The average molecular weight is 377 g/mol. The van der Waals surface area contributed by atoms with Crippen molar-refractivity contribution in [1.82, 2.24) is 10.3 Å². The molecule has 1 aromatic heterocycles. The van der Waals surface area contributed by atoms with E-state index in [1.54, 1.807) is 12.1 Å². The number of rotatable bonds is 6. The van der Waals surface area contributed by atoms with E-state index in [1.807, 2.05) is 31.2 Å². The van der Waals surface area contributed by atoms with Crippen molar-refractivity contribution in [1.29, 1.82) is 0 Å². The Hall–Kier alpha value is -3.54. The summed E-state index contributed by atoms with van der Waals surface area (Å²) in [6.45, 7) is 2.29. The Morgan fingerprint density at radius 2 is 1.64 bits per heavy atom. The largest absolute Gasteiger partial charge is 0.352 e. The van der Waals surface area contributed by atoms with Crippen LogP contribution >= 0.6 is 0 Å². The maximum absolute atomic E-state index is 12.9. The minimum Gasteiger partial charge on any atom is -0.352 e. The number of para-hydroxylation sites is 1. The third-order valence-corrected chi connectivity index (χ3v) is 4.27. The molecule has 2 N–H and O–H groups in total. The molecule has 0 fully saturated rings. The lowest BCUT2D eigenvalue weighted by molar-refractivity contribution is 0.0953. The molecule has 0 unspecified atom stereocenters. The Morgan fingerprint density at radius 1 is 0.964 bits per heavy atom. The summed E-state index contributed by atoms with van der Waals surface area (Å²) in [5, 5.41) is 5.60. The van der Waals surface area contributed by atoms with Crippen LogP contribution in [0.1, 0.15) is 31.8 Å². The van der Waals surface area contributed by atoms with Gasteiger partial charge in [0.15, 0.2) is 0 Å². The van der Waals surface area contributed by atoms with E-state index in [0.29, 0.717) is 29.8 Å². The van der Waals surface area contributed by atoms with E-state index >= 15 is 0 Å². The smallest absolute Gasteiger partial charge is 0.257 e. The van der Waals surface area contributed by atoms with Gasteiger partial charge in [0.1, 0.15) is 5.82 Å². The van der Waals surface area contributed by atoms with Gasteiger partial charge in [-0.1, -0.05) is 30.3 Å². The second kappa shape index (κ2) is 8.90. The monoisotopic (exact) mass is 377 g/mol. The predicted molar refractivity (Wildman–Crippen MR) is 106 cm³/mol. The summed E-state index contributed by atoms with van der Waals surface area (Å²) in [6, 6.07) is 15.1. The third kappa shape index (κ3) is 5.01. The Kier molecular flexibility index (Phi) is 6.11. The Morgan fingerprint density at radius 3 is 2.36 bits per heavy atom. The lowest BCUT2D eigenvalue weighted by Crippen LogP contribution is -2.26. The van der Waals surface area contributed by atoms with Crippen molar-refractivity contribution in [3.63, 3.8) is 0 Å². The first kappa shape index (κ1) is 19.2. The van der Waals surface area contributed by atoms with Crippen molar-refractivity contribution in [2.45, 2.75) is 13.3 Å². The number of pyridine rings is 1. The van der Waals surface area contributed by atoms with Crippen LogP contribution in [0.15, 0.2) is 67.0 Å². The van der Waals surface area contributed by atoms with Crippen LogP contribution in [0.2, 0.25) is 0 Å². The van der Waals surface area contributed by atoms with E-state index in [-0.39, 0.29) is 17.6 Å². The Bertz CT molecular complexity index is 987. The van der Waals surface area contributed by atoms with Gasteiger partial charge in [-0.25, -0.2) is 4.39 Å². The number of halogens is 1. The van der Waals surface area contributed by atoms with E-state index in [0.717, 1.165) is 11.1 Å². The fourth-order valence-corrected chi connectivity index (χ4v) is 2.67. The molecule has 2 aromatic carbocycles. The molecule has 0 bridgehead atoms. The number of hydrogen-bond donors (Lipinski definition) is 2. The summed E-state index contributed by atoms with van der Waals surface area (Å²) < 4.78 is 12.9. The van der Waals surface area contributed by atoms with Crippen LogP contribution < -0.4 is 10.6 Å². The van der Waals surface area contributed by atoms with E-state index < -0.39 is 0 Å². The molecule has 3 rings (SSSR count). The molecule has 0 aliphatic heterocycles. The lowest BCUT2D eigenvalue weighted by Gasteiger charge is -2.09. The van der Waals surface area contributed by atoms with Crippen molar-refractivity contribution >= 4 is 17.5 Å². The van der Waals surface area contributed by atoms with Gasteiger partial charge >= 0.3 is 0 Å². The zero-order chi connectivity index (χ0) is 19.9. The van der Waals surface area contributed by atoms with Gasteiger partial charge in [0.05, 0.1) is 11.1 Å². The van der Waals surface area contributed by atoms with Gasteiger partial charge in [-0.15, -0.1) is 0 Å².